The maximum absolute atomic E-state index is 6.12. The molecule has 2 aromatic rings. The molecule has 1 aromatic carbocycles. The quantitative estimate of drug-likeness (QED) is 0.313. The number of benzene rings is 1. The standard InChI is InChI=1S/C22H30N4O2.HI/c1-3-16-27-19-11-5-6-12-20(19)28-21-18(10-9-13-24-21)17-25-22(23-4-2)26-14-7-8-15-26;/h5-6,9-13H,3-4,7-8,14-17H2,1-2H3,(H,23,25);1H. The number of aromatic nitrogens is 1. The van der Waals surface area contributed by atoms with E-state index in [4.69, 9.17) is 14.5 Å². The second-order valence-corrected chi connectivity index (χ2v) is 6.73. The molecule has 0 atom stereocenters. The summed E-state index contributed by atoms with van der Waals surface area (Å²) in [6.07, 6.45) is 5.13. The lowest BCUT2D eigenvalue weighted by atomic mass is 10.2. The first-order valence-electron chi connectivity index (χ1n) is 10.2. The van der Waals surface area contributed by atoms with Crippen LogP contribution in [0.1, 0.15) is 38.7 Å². The van der Waals surface area contributed by atoms with Crippen molar-refractivity contribution in [3.05, 3.63) is 48.2 Å². The summed E-state index contributed by atoms with van der Waals surface area (Å²) < 4.78 is 11.9. The summed E-state index contributed by atoms with van der Waals surface area (Å²) >= 11 is 0. The molecule has 1 fully saturated rings. The first-order chi connectivity index (χ1) is 13.8. The molecule has 1 N–H and O–H groups in total. The smallest absolute Gasteiger partial charge is 0.224 e. The van der Waals surface area contributed by atoms with Gasteiger partial charge in [-0.05, 0) is 44.4 Å². The Balaban J connectivity index is 0.00000300. The van der Waals surface area contributed by atoms with Crippen molar-refractivity contribution in [1.82, 2.24) is 15.2 Å². The molecular formula is C22H31IN4O2. The zero-order valence-corrected chi connectivity index (χ0v) is 19.6. The van der Waals surface area contributed by atoms with Crippen molar-refractivity contribution in [2.24, 2.45) is 4.99 Å². The highest BCUT2D eigenvalue weighted by molar-refractivity contribution is 14.0. The predicted molar refractivity (Wildman–Crippen MR) is 128 cm³/mol. The maximum atomic E-state index is 6.12. The van der Waals surface area contributed by atoms with Gasteiger partial charge in [0, 0.05) is 31.4 Å². The van der Waals surface area contributed by atoms with Crippen molar-refractivity contribution in [2.45, 2.75) is 39.7 Å². The molecule has 1 aliphatic rings. The Morgan fingerprint density at radius 3 is 2.59 bits per heavy atom. The van der Waals surface area contributed by atoms with Crippen LogP contribution in [0.25, 0.3) is 0 Å². The predicted octanol–water partition coefficient (Wildman–Crippen LogP) is 4.84. The van der Waals surface area contributed by atoms with E-state index >= 15 is 0 Å². The van der Waals surface area contributed by atoms with Crippen LogP contribution in [0.15, 0.2) is 47.6 Å². The Hall–Kier alpha value is -2.03. The van der Waals surface area contributed by atoms with Gasteiger partial charge >= 0.3 is 0 Å². The number of halogens is 1. The van der Waals surface area contributed by atoms with Gasteiger partial charge in [-0.3, -0.25) is 0 Å². The molecule has 1 aromatic heterocycles. The maximum Gasteiger partial charge on any atom is 0.224 e. The number of nitrogens with one attached hydrogen (secondary N) is 1. The van der Waals surface area contributed by atoms with Crippen LogP contribution < -0.4 is 14.8 Å². The van der Waals surface area contributed by atoms with Crippen molar-refractivity contribution in [3.63, 3.8) is 0 Å². The summed E-state index contributed by atoms with van der Waals surface area (Å²) in [5, 5.41) is 3.39. The van der Waals surface area contributed by atoms with E-state index in [1.54, 1.807) is 6.20 Å². The fraction of sp³-hybridized carbons (Fsp3) is 0.455. The summed E-state index contributed by atoms with van der Waals surface area (Å²) in [5.41, 5.74) is 0.947. The molecule has 0 aliphatic carbocycles. The Morgan fingerprint density at radius 2 is 1.86 bits per heavy atom. The third kappa shape index (κ3) is 6.76. The van der Waals surface area contributed by atoms with Crippen molar-refractivity contribution in [1.29, 1.82) is 0 Å². The largest absolute Gasteiger partial charge is 0.490 e. The molecular weight excluding hydrogens is 479 g/mol. The highest BCUT2D eigenvalue weighted by Crippen LogP contribution is 2.32. The van der Waals surface area contributed by atoms with Crippen molar-refractivity contribution in [2.75, 3.05) is 26.2 Å². The minimum atomic E-state index is 0. The zero-order chi connectivity index (χ0) is 19.6. The van der Waals surface area contributed by atoms with Gasteiger partial charge in [0.15, 0.2) is 17.5 Å². The van der Waals surface area contributed by atoms with E-state index in [2.05, 4.69) is 29.0 Å². The topological polar surface area (TPSA) is 59.0 Å². The van der Waals surface area contributed by atoms with E-state index in [9.17, 15) is 0 Å². The van der Waals surface area contributed by atoms with Gasteiger partial charge in [0.1, 0.15) is 0 Å². The first-order valence-corrected chi connectivity index (χ1v) is 10.2. The molecule has 0 amide bonds. The number of pyridine rings is 1. The van der Waals surface area contributed by atoms with Crippen LogP contribution in [0.3, 0.4) is 0 Å². The van der Waals surface area contributed by atoms with Gasteiger partial charge in [-0.1, -0.05) is 25.1 Å². The summed E-state index contributed by atoms with van der Waals surface area (Å²) in [6, 6.07) is 11.6. The molecule has 0 radical (unpaired) electrons. The van der Waals surface area contributed by atoms with E-state index in [-0.39, 0.29) is 24.0 Å². The molecule has 0 saturated carbocycles. The van der Waals surface area contributed by atoms with Gasteiger partial charge in [-0.15, -0.1) is 24.0 Å². The Kier molecular flexibility index (Phi) is 10.0. The lowest BCUT2D eigenvalue weighted by molar-refractivity contribution is 0.300. The van der Waals surface area contributed by atoms with E-state index < -0.39 is 0 Å². The number of hydrogen-bond acceptors (Lipinski definition) is 4. The van der Waals surface area contributed by atoms with E-state index in [0.29, 0.717) is 24.8 Å². The minimum Gasteiger partial charge on any atom is -0.490 e. The molecule has 2 heterocycles. The molecule has 1 saturated heterocycles. The number of hydrogen-bond donors (Lipinski definition) is 1. The van der Waals surface area contributed by atoms with Crippen LogP contribution in [0.4, 0.5) is 0 Å². The Morgan fingerprint density at radius 1 is 1.10 bits per heavy atom. The van der Waals surface area contributed by atoms with E-state index in [1.165, 1.54) is 12.8 Å². The average molecular weight is 510 g/mol. The molecule has 0 spiro atoms. The number of likely N-dealkylation sites (tertiary alicyclic amines) is 1. The molecule has 0 bridgehead atoms. The van der Waals surface area contributed by atoms with Crippen LogP contribution in [0, 0.1) is 0 Å². The summed E-state index contributed by atoms with van der Waals surface area (Å²) in [6.45, 7) is 8.32. The van der Waals surface area contributed by atoms with Crippen LogP contribution in [0.2, 0.25) is 0 Å². The second-order valence-electron chi connectivity index (χ2n) is 6.73. The number of para-hydroxylation sites is 2. The van der Waals surface area contributed by atoms with Crippen LogP contribution in [0.5, 0.6) is 17.4 Å². The Labute approximate surface area is 190 Å². The monoisotopic (exact) mass is 510 g/mol. The van der Waals surface area contributed by atoms with E-state index in [1.807, 2.05) is 36.4 Å². The lowest BCUT2D eigenvalue weighted by Gasteiger charge is -2.21. The van der Waals surface area contributed by atoms with Crippen LogP contribution in [-0.2, 0) is 6.54 Å². The molecule has 3 rings (SSSR count). The summed E-state index contributed by atoms with van der Waals surface area (Å²) in [7, 11) is 0. The van der Waals surface area contributed by atoms with Crippen molar-refractivity contribution in [3.8, 4) is 17.4 Å². The van der Waals surface area contributed by atoms with Crippen molar-refractivity contribution >= 4 is 29.9 Å². The second kappa shape index (κ2) is 12.5. The molecule has 1 aliphatic heterocycles. The molecule has 6 nitrogen and oxygen atoms in total. The van der Waals surface area contributed by atoms with Gasteiger partial charge in [-0.25, -0.2) is 9.98 Å². The molecule has 158 valence electrons. The third-order valence-electron chi connectivity index (χ3n) is 4.51. The molecule has 7 heteroatoms. The van der Waals surface area contributed by atoms with Gasteiger partial charge in [0.05, 0.1) is 13.2 Å². The SMILES string of the molecule is CCCOc1ccccc1Oc1ncccc1CN=C(NCC)N1CCCC1.I. The van der Waals surface area contributed by atoms with Crippen LogP contribution >= 0.6 is 24.0 Å². The summed E-state index contributed by atoms with van der Waals surface area (Å²) in [5.74, 6) is 2.93. The number of guanidine groups is 1. The Bertz CT molecular complexity index is 779. The normalized spacial score (nSPS) is 13.7. The zero-order valence-electron chi connectivity index (χ0n) is 17.3. The number of aliphatic imine (C=N–C) groups is 1. The van der Waals surface area contributed by atoms with Crippen molar-refractivity contribution < 1.29 is 9.47 Å². The first kappa shape index (κ1) is 23.3. The van der Waals surface area contributed by atoms with Gasteiger partial charge in [0.25, 0.3) is 0 Å². The molecule has 29 heavy (non-hydrogen) atoms. The highest BCUT2D eigenvalue weighted by atomic mass is 127. The minimum absolute atomic E-state index is 0. The fourth-order valence-electron chi connectivity index (χ4n) is 3.12. The third-order valence-corrected chi connectivity index (χ3v) is 4.51. The lowest BCUT2D eigenvalue weighted by Crippen LogP contribution is -2.39. The number of ether oxygens (including phenoxy) is 2. The molecule has 0 unspecified atom stereocenters. The number of rotatable bonds is 8. The van der Waals surface area contributed by atoms with Crippen LogP contribution in [-0.4, -0.2) is 42.1 Å². The van der Waals surface area contributed by atoms with Gasteiger partial charge in [0.2, 0.25) is 5.88 Å². The van der Waals surface area contributed by atoms with Gasteiger partial charge in [-0.2, -0.15) is 0 Å². The van der Waals surface area contributed by atoms with Gasteiger partial charge < -0.3 is 19.7 Å². The summed E-state index contributed by atoms with van der Waals surface area (Å²) in [4.78, 5) is 11.6. The van der Waals surface area contributed by atoms with E-state index in [0.717, 1.165) is 43.3 Å². The number of nitrogens with zero attached hydrogens (tertiary/aromatic N) is 3. The average Bonchev–Trinajstić information content (AvgIpc) is 3.26. The highest BCUT2D eigenvalue weighted by Gasteiger charge is 2.16. The fourth-order valence-corrected chi connectivity index (χ4v) is 3.12.